The quantitative estimate of drug-likeness (QED) is 0.546. The molecule has 0 spiro atoms. The number of aromatic amines is 1. The van der Waals surface area contributed by atoms with Crippen molar-refractivity contribution >= 4 is 11.8 Å². The number of aryl methyl sites for hydroxylation is 2. The molecule has 1 aromatic carbocycles. The Morgan fingerprint density at radius 1 is 1.03 bits per heavy atom. The van der Waals surface area contributed by atoms with Gasteiger partial charge in [0.2, 0.25) is 11.7 Å². The molecule has 0 bridgehead atoms. The van der Waals surface area contributed by atoms with E-state index in [2.05, 4.69) is 10.3 Å². The Labute approximate surface area is 202 Å². The molecule has 8 nitrogen and oxygen atoms in total. The van der Waals surface area contributed by atoms with Crippen LogP contribution in [0.15, 0.2) is 18.2 Å². The molecule has 1 fully saturated rings. The molecule has 2 amide bonds. The molecule has 1 aliphatic rings. The molecule has 186 valence electrons. The van der Waals surface area contributed by atoms with E-state index in [9.17, 15) is 9.59 Å². The standard InChI is InChI=1S/C26H37N3O5/c1-6-32-21-13-19(14-22(33-7-2)24(21)34-8-3)15-27-25(30)20-10-9-11-29(16-20)26(31)23-17(4)12-18(5)28-23/h12-14,20,28H,6-11,15-16H2,1-5H3,(H,27,30). The molecule has 2 aromatic rings. The fourth-order valence-electron chi connectivity index (χ4n) is 4.36. The van der Waals surface area contributed by atoms with Crippen molar-refractivity contribution in [3.8, 4) is 17.2 Å². The number of rotatable bonds is 10. The van der Waals surface area contributed by atoms with Crippen molar-refractivity contribution in [1.82, 2.24) is 15.2 Å². The van der Waals surface area contributed by atoms with E-state index in [1.165, 1.54) is 0 Å². The normalized spacial score (nSPS) is 15.7. The van der Waals surface area contributed by atoms with Gasteiger partial charge in [0, 0.05) is 25.3 Å². The number of nitrogens with one attached hydrogen (secondary N) is 2. The van der Waals surface area contributed by atoms with Gasteiger partial charge in [-0.3, -0.25) is 9.59 Å². The largest absolute Gasteiger partial charge is 0.490 e. The Morgan fingerprint density at radius 3 is 2.24 bits per heavy atom. The van der Waals surface area contributed by atoms with Gasteiger partial charge in [0.25, 0.3) is 5.91 Å². The Kier molecular flexibility index (Phi) is 8.85. The molecule has 2 N–H and O–H groups in total. The lowest BCUT2D eigenvalue weighted by molar-refractivity contribution is -0.126. The zero-order chi connectivity index (χ0) is 24.7. The molecule has 0 radical (unpaired) electrons. The van der Waals surface area contributed by atoms with E-state index in [0.29, 0.717) is 62.4 Å². The monoisotopic (exact) mass is 471 g/mol. The van der Waals surface area contributed by atoms with Gasteiger partial charge in [-0.05, 0) is 76.8 Å². The summed E-state index contributed by atoms with van der Waals surface area (Å²) in [5, 5.41) is 3.04. The Hall–Kier alpha value is -3.16. The average Bonchev–Trinajstić information content (AvgIpc) is 3.17. The lowest BCUT2D eigenvalue weighted by atomic mass is 9.96. The fraction of sp³-hybridized carbons (Fsp3) is 0.538. The molecular formula is C26H37N3O5. The lowest BCUT2D eigenvalue weighted by Crippen LogP contribution is -2.45. The van der Waals surface area contributed by atoms with Crippen LogP contribution in [0, 0.1) is 19.8 Å². The summed E-state index contributed by atoms with van der Waals surface area (Å²) in [6.07, 6.45) is 1.56. The summed E-state index contributed by atoms with van der Waals surface area (Å²) in [4.78, 5) is 30.9. The third kappa shape index (κ3) is 6.04. The van der Waals surface area contributed by atoms with Crippen molar-refractivity contribution in [2.24, 2.45) is 5.92 Å². The predicted molar refractivity (Wildman–Crippen MR) is 131 cm³/mol. The molecule has 2 heterocycles. The second-order valence-electron chi connectivity index (χ2n) is 8.54. The van der Waals surface area contributed by atoms with E-state index in [-0.39, 0.29) is 17.7 Å². The number of ether oxygens (including phenoxy) is 3. The van der Waals surface area contributed by atoms with E-state index in [4.69, 9.17) is 14.2 Å². The van der Waals surface area contributed by atoms with Crippen LogP contribution in [-0.4, -0.2) is 54.6 Å². The maximum atomic E-state index is 13.0. The second-order valence-corrected chi connectivity index (χ2v) is 8.54. The van der Waals surface area contributed by atoms with Gasteiger partial charge in [0.1, 0.15) is 5.69 Å². The van der Waals surface area contributed by atoms with Crippen LogP contribution in [0.5, 0.6) is 17.2 Å². The van der Waals surface area contributed by atoms with Gasteiger partial charge in [-0.15, -0.1) is 0 Å². The number of hydrogen-bond donors (Lipinski definition) is 2. The van der Waals surface area contributed by atoms with Crippen LogP contribution >= 0.6 is 0 Å². The lowest BCUT2D eigenvalue weighted by Gasteiger charge is -2.32. The highest BCUT2D eigenvalue weighted by Crippen LogP contribution is 2.39. The smallest absolute Gasteiger partial charge is 0.270 e. The topological polar surface area (TPSA) is 92.9 Å². The summed E-state index contributed by atoms with van der Waals surface area (Å²) >= 11 is 0. The maximum Gasteiger partial charge on any atom is 0.270 e. The molecule has 3 rings (SSSR count). The highest BCUT2D eigenvalue weighted by molar-refractivity contribution is 5.94. The Bertz CT molecular complexity index is 973. The van der Waals surface area contributed by atoms with Gasteiger partial charge >= 0.3 is 0 Å². The van der Waals surface area contributed by atoms with E-state index >= 15 is 0 Å². The third-order valence-electron chi connectivity index (χ3n) is 5.88. The number of piperidine rings is 1. The van der Waals surface area contributed by atoms with Crippen LogP contribution < -0.4 is 19.5 Å². The zero-order valence-corrected chi connectivity index (χ0v) is 21.0. The van der Waals surface area contributed by atoms with Gasteiger partial charge in [-0.2, -0.15) is 0 Å². The van der Waals surface area contributed by atoms with Gasteiger partial charge in [-0.25, -0.2) is 0 Å². The average molecular weight is 472 g/mol. The molecule has 8 heteroatoms. The van der Waals surface area contributed by atoms with Gasteiger partial charge in [0.15, 0.2) is 11.5 Å². The number of nitrogens with zero attached hydrogens (tertiary/aromatic N) is 1. The number of amides is 2. The SMILES string of the molecule is CCOc1cc(CNC(=O)C2CCCN(C(=O)c3[nH]c(C)cc3C)C2)cc(OCC)c1OCC. The van der Waals surface area contributed by atoms with Crippen LogP contribution in [0.2, 0.25) is 0 Å². The summed E-state index contributed by atoms with van der Waals surface area (Å²) in [5.41, 5.74) is 3.37. The van der Waals surface area contributed by atoms with Crippen molar-refractivity contribution in [2.45, 2.75) is 54.0 Å². The number of hydrogen-bond acceptors (Lipinski definition) is 5. The number of carbonyl (C=O) groups excluding carboxylic acids is 2. The molecule has 1 unspecified atom stereocenters. The summed E-state index contributed by atoms with van der Waals surface area (Å²) in [6.45, 7) is 12.5. The summed E-state index contributed by atoms with van der Waals surface area (Å²) in [5.74, 6) is 1.45. The first kappa shape index (κ1) is 25.5. The van der Waals surface area contributed by atoms with Crippen molar-refractivity contribution in [2.75, 3.05) is 32.9 Å². The number of carbonyl (C=O) groups is 2. The van der Waals surface area contributed by atoms with E-state index in [1.54, 1.807) is 4.90 Å². The van der Waals surface area contributed by atoms with E-state index in [0.717, 1.165) is 29.7 Å². The zero-order valence-electron chi connectivity index (χ0n) is 21.0. The number of likely N-dealkylation sites (tertiary alicyclic amines) is 1. The van der Waals surface area contributed by atoms with E-state index in [1.807, 2.05) is 52.8 Å². The van der Waals surface area contributed by atoms with Crippen LogP contribution in [0.25, 0.3) is 0 Å². The minimum Gasteiger partial charge on any atom is -0.490 e. The Balaban J connectivity index is 1.67. The first-order valence-electron chi connectivity index (χ1n) is 12.2. The number of H-pyrrole nitrogens is 1. The second kappa shape index (κ2) is 11.8. The highest BCUT2D eigenvalue weighted by Gasteiger charge is 2.30. The predicted octanol–water partition coefficient (Wildman–Crippen LogP) is 4.00. The minimum absolute atomic E-state index is 0.0441. The Morgan fingerprint density at radius 2 is 1.68 bits per heavy atom. The minimum atomic E-state index is -0.241. The highest BCUT2D eigenvalue weighted by atomic mass is 16.5. The molecule has 1 aromatic heterocycles. The van der Waals surface area contributed by atoms with Crippen LogP contribution in [0.3, 0.4) is 0 Å². The van der Waals surface area contributed by atoms with Crippen LogP contribution in [0.4, 0.5) is 0 Å². The van der Waals surface area contributed by atoms with Crippen LogP contribution in [0.1, 0.15) is 60.9 Å². The molecular weight excluding hydrogens is 434 g/mol. The van der Waals surface area contributed by atoms with Gasteiger partial charge in [0.05, 0.1) is 25.7 Å². The summed E-state index contributed by atoms with van der Waals surface area (Å²) < 4.78 is 17.3. The molecule has 0 aliphatic carbocycles. The molecule has 1 saturated heterocycles. The van der Waals surface area contributed by atoms with E-state index < -0.39 is 0 Å². The summed E-state index contributed by atoms with van der Waals surface area (Å²) in [6, 6.07) is 5.72. The number of aromatic nitrogens is 1. The third-order valence-corrected chi connectivity index (χ3v) is 5.88. The van der Waals surface area contributed by atoms with Crippen molar-refractivity contribution in [1.29, 1.82) is 0 Å². The van der Waals surface area contributed by atoms with Crippen molar-refractivity contribution in [3.05, 3.63) is 40.7 Å². The summed E-state index contributed by atoms with van der Waals surface area (Å²) in [7, 11) is 0. The number of benzene rings is 1. The van der Waals surface area contributed by atoms with Crippen molar-refractivity contribution in [3.63, 3.8) is 0 Å². The van der Waals surface area contributed by atoms with Crippen molar-refractivity contribution < 1.29 is 23.8 Å². The molecule has 1 atom stereocenters. The maximum absolute atomic E-state index is 13.0. The molecule has 0 saturated carbocycles. The fourth-order valence-corrected chi connectivity index (χ4v) is 4.36. The first-order valence-corrected chi connectivity index (χ1v) is 12.2. The first-order chi connectivity index (χ1) is 16.4. The molecule has 34 heavy (non-hydrogen) atoms. The van der Waals surface area contributed by atoms with Gasteiger partial charge in [-0.1, -0.05) is 0 Å². The van der Waals surface area contributed by atoms with Gasteiger partial charge < -0.3 is 29.4 Å². The molecule has 1 aliphatic heterocycles. The van der Waals surface area contributed by atoms with Crippen LogP contribution in [-0.2, 0) is 11.3 Å².